The zero-order valence-electron chi connectivity index (χ0n) is 13.6. The Morgan fingerprint density at radius 3 is 2.79 bits per heavy atom. The minimum absolute atomic E-state index is 0.128. The van der Waals surface area contributed by atoms with Gasteiger partial charge in [-0.2, -0.15) is 10.4 Å². The molecule has 3 heterocycles. The summed E-state index contributed by atoms with van der Waals surface area (Å²) in [5, 5.41) is 14.0. The fraction of sp³-hybridized carbons (Fsp3) is 0.353. The maximum atomic E-state index is 11.7. The molecule has 1 atom stereocenters. The first-order valence-corrected chi connectivity index (χ1v) is 9.53. The quantitative estimate of drug-likeness (QED) is 0.799. The Labute approximate surface area is 141 Å². The van der Waals surface area contributed by atoms with E-state index in [4.69, 9.17) is 0 Å². The third-order valence-corrected chi connectivity index (χ3v) is 6.04. The lowest BCUT2D eigenvalue weighted by Gasteiger charge is -2.11. The average molecular weight is 342 g/mol. The molecule has 0 saturated carbocycles. The Hall–Kier alpha value is -2.46. The Balaban J connectivity index is 2.01. The van der Waals surface area contributed by atoms with Gasteiger partial charge in [0.2, 0.25) is 0 Å². The van der Waals surface area contributed by atoms with E-state index < -0.39 is 9.84 Å². The van der Waals surface area contributed by atoms with Crippen LogP contribution in [0.15, 0.2) is 24.4 Å². The Bertz CT molecular complexity index is 937. The van der Waals surface area contributed by atoms with Gasteiger partial charge in [0.25, 0.3) is 0 Å². The highest BCUT2D eigenvalue weighted by Crippen LogP contribution is 2.28. The molecule has 124 valence electrons. The van der Waals surface area contributed by atoms with Gasteiger partial charge in [0.1, 0.15) is 6.07 Å². The van der Waals surface area contributed by atoms with Gasteiger partial charge >= 0.3 is 0 Å². The van der Waals surface area contributed by atoms with Crippen molar-refractivity contribution in [2.45, 2.75) is 26.3 Å². The molecule has 0 aliphatic carbocycles. The van der Waals surface area contributed by atoms with E-state index >= 15 is 0 Å². The summed E-state index contributed by atoms with van der Waals surface area (Å²) in [5.74, 6) is 0.335. The van der Waals surface area contributed by atoms with E-state index in [0.717, 1.165) is 17.0 Å². The van der Waals surface area contributed by atoms with E-state index in [-0.39, 0.29) is 17.5 Å². The largest absolute Gasteiger partial charge is 0.265 e. The predicted molar refractivity (Wildman–Crippen MR) is 91.7 cm³/mol. The normalized spacial score (nSPS) is 20.0. The van der Waals surface area contributed by atoms with Crippen LogP contribution >= 0.6 is 0 Å². The number of sulfone groups is 1. The molecule has 6 nitrogen and oxygen atoms in total. The van der Waals surface area contributed by atoms with Gasteiger partial charge in [-0.3, -0.25) is 9.67 Å². The van der Waals surface area contributed by atoms with Crippen molar-refractivity contribution >= 4 is 21.5 Å². The summed E-state index contributed by atoms with van der Waals surface area (Å²) in [6.07, 6.45) is 4.01. The zero-order valence-corrected chi connectivity index (χ0v) is 14.4. The third-order valence-electron chi connectivity index (χ3n) is 4.29. The van der Waals surface area contributed by atoms with Crippen molar-refractivity contribution in [3.63, 3.8) is 0 Å². The number of hydrogen-bond donors (Lipinski definition) is 0. The van der Waals surface area contributed by atoms with Crippen LogP contribution in [0.3, 0.4) is 0 Å². The van der Waals surface area contributed by atoms with E-state index in [1.807, 2.05) is 19.9 Å². The van der Waals surface area contributed by atoms with Crippen molar-refractivity contribution in [3.05, 3.63) is 47.0 Å². The first-order chi connectivity index (χ1) is 11.4. The molecule has 1 fully saturated rings. The number of allylic oxidation sites excluding steroid dienone is 1. The molecular formula is C17H18N4O2S. The molecule has 7 heteroatoms. The highest BCUT2D eigenvalue weighted by molar-refractivity contribution is 7.91. The van der Waals surface area contributed by atoms with Crippen LogP contribution in [0.25, 0.3) is 11.6 Å². The second kappa shape index (κ2) is 6.21. The molecule has 3 rings (SSSR count). The lowest BCUT2D eigenvalue weighted by Crippen LogP contribution is -2.13. The first-order valence-electron chi connectivity index (χ1n) is 7.70. The van der Waals surface area contributed by atoms with E-state index in [1.165, 1.54) is 0 Å². The van der Waals surface area contributed by atoms with Crippen molar-refractivity contribution in [1.82, 2.24) is 14.8 Å². The molecule has 2 aromatic heterocycles. The van der Waals surface area contributed by atoms with Crippen molar-refractivity contribution in [2.24, 2.45) is 0 Å². The Morgan fingerprint density at radius 1 is 1.42 bits per heavy atom. The molecule has 2 aromatic rings. The van der Waals surface area contributed by atoms with Crippen LogP contribution in [0, 0.1) is 25.2 Å². The molecule has 0 bridgehead atoms. The molecule has 0 spiro atoms. The van der Waals surface area contributed by atoms with Crippen molar-refractivity contribution < 1.29 is 8.42 Å². The van der Waals surface area contributed by atoms with Gasteiger partial charge in [0.15, 0.2) is 9.84 Å². The van der Waals surface area contributed by atoms with E-state index in [0.29, 0.717) is 17.7 Å². The van der Waals surface area contributed by atoms with Gasteiger partial charge in [-0.1, -0.05) is 6.07 Å². The fourth-order valence-corrected chi connectivity index (χ4v) is 4.73. The number of hydrogen-bond acceptors (Lipinski definition) is 5. The number of nitriles is 1. The van der Waals surface area contributed by atoms with Crippen LogP contribution in [-0.4, -0.2) is 34.7 Å². The van der Waals surface area contributed by atoms with Crippen molar-refractivity contribution in [3.8, 4) is 6.07 Å². The van der Waals surface area contributed by atoms with Crippen molar-refractivity contribution in [2.75, 3.05) is 11.5 Å². The highest BCUT2D eigenvalue weighted by Gasteiger charge is 2.31. The Morgan fingerprint density at radius 2 is 2.21 bits per heavy atom. The van der Waals surface area contributed by atoms with E-state index in [9.17, 15) is 13.7 Å². The SMILES string of the molecule is Cc1nn([C@@H]2CCS(=O)(=O)C2)c(C)c1/C=C(\C#N)c1ccccn1. The molecule has 0 N–H and O–H groups in total. The van der Waals surface area contributed by atoms with Gasteiger partial charge in [0, 0.05) is 17.5 Å². The van der Waals surface area contributed by atoms with E-state index in [1.54, 1.807) is 29.1 Å². The summed E-state index contributed by atoms with van der Waals surface area (Å²) in [5.41, 5.74) is 3.57. The predicted octanol–water partition coefficient (Wildman–Crippen LogP) is 2.32. The van der Waals surface area contributed by atoms with Crippen LogP contribution in [-0.2, 0) is 9.84 Å². The molecular weight excluding hydrogens is 324 g/mol. The van der Waals surface area contributed by atoms with Gasteiger partial charge in [-0.05, 0) is 38.5 Å². The van der Waals surface area contributed by atoms with Crippen LogP contribution in [0.2, 0.25) is 0 Å². The molecule has 0 unspecified atom stereocenters. The third kappa shape index (κ3) is 3.10. The van der Waals surface area contributed by atoms with Crippen molar-refractivity contribution in [1.29, 1.82) is 5.26 Å². The number of aryl methyl sites for hydroxylation is 1. The first kappa shape index (κ1) is 16.4. The highest BCUT2D eigenvalue weighted by atomic mass is 32.2. The summed E-state index contributed by atoms with van der Waals surface area (Å²) in [6.45, 7) is 3.77. The standard InChI is InChI=1S/C17H18N4O2S/c1-12-16(9-14(10-18)17-5-3-4-7-19-17)13(2)21(20-12)15-6-8-24(22,23)11-15/h3-5,7,9,15H,6,8,11H2,1-2H3/b14-9+/t15-/m1/s1. The molecule has 0 aromatic carbocycles. The molecule has 1 aliphatic rings. The molecule has 0 radical (unpaired) electrons. The topological polar surface area (TPSA) is 88.6 Å². The summed E-state index contributed by atoms with van der Waals surface area (Å²) in [7, 11) is -2.97. The summed E-state index contributed by atoms with van der Waals surface area (Å²) in [4.78, 5) is 4.21. The summed E-state index contributed by atoms with van der Waals surface area (Å²) >= 11 is 0. The average Bonchev–Trinajstić information content (AvgIpc) is 3.06. The lowest BCUT2D eigenvalue weighted by atomic mass is 10.1. The second-order valence-electron chi connectivity index (χ2n) is 5.97. The van der Waals surface area contributed by atoms with Gasteiger partial charge < -0.3 is 0 Å². The number of nitrogens with zero attached hydrogens (tertiary/aromatic N) is 4. The van der Waals surface area contributed by atoms with Crippen LogP contribution in [0.4, 0.5) is 0 Å². The van der Waals surface area contributed by atoms with Crippen LogP contribution in [0.5, 0.6) is 0 Å². The van der Waals surface area contributed by atoms with Crippen LogP contribution in [0.1, 0.15) is 35.1 Å². The van der Waals surface area contributed by atoms with Gasteiger partial charge in [-0.15, -0.1) is 0 Å². The monoisotopic (exact) mass is 342 g/mol. The Kier molecular flexibility index (Phi) is 4.24. The second-order valence-corrected chi connectivity index (χ2v) is 8.20. The number of pyridine rings is 1. The minimum atomic E-state index is -2.97. The summed E-state index contributed by atoms with van der Waals surface area (Å²) < 4.78 is 25.2. The lowest BCUT2D eigenvalue weighted by molar-refractivity contribution is 0.486. The summed E-state index contributed by atoms with van der Waals surface area (Å²) in [6, 6.07) is 7.47. The van der Waals surface area contributed by atoms with E-state index in [2.05, 4.69) is 16.2 Å². The number of rotatable bonds is 3. The maximum Gasteiger partial charge on any atom is 0.152 e. The van der Waals surface area contributed by atoms with Gasteiger partial charge in [-0.25, -0.2) is 8.42 Å². The fourth-order valence-electron chi connectivity index (χ4n) is 3.04. The maximum absolute atomic E-state index is 11.7. The minimum Gasteiger partial charge on any atom is -0.265 e. The molecule has 24 heavy (non-hydrogen) atoms. The molecule has 0 amide bonds. The zero-order chi connectivity index (χ0) is 17.3. The number of aromatic nitrogens is 3. The molecule has 1 aliphatic heterocycles. The molecule has 1 saturated heterocycles. The smallest absolute Gasteiger partial charge is 0.152 e. The van der Waals surface area contributed by atoms with Gasteiger partial charge in [0.05, 0.1) is 34.5 Å². The van der Waals surface area contributed by atoms with Crippen LogP contribution < -0.4 is 0 Å².